The molecule has 4 nitrogen and oxygen atoms in total. The third kappa shape index (κ3) is 4.21. The third-order valence-electron chi connectivity index (χ3n) is 2.96. The number of hydrogen-bond donors (Lipinski definition) is 2. The first-order chi connectivity index (χ1) is 8.25. The Morgan fingerprint density at radius 1 is 1.24 bits per heavy atom. The van der Waals surface area contributed by atoms with Gasteiger partial charge in [-0.25, -0.2) is 9.97 Å². The summed E-state index contributed by atoms with van der Waals surface area (Å²) in [6, 6.07) is 0.543. The van der Waals surface area contributed by atoms with E-state index in [9.17, 15) is 0 Å². The van der Waals surface area contributed by atoms with Gasteiger partial charge in [0.2, 0.25) is 5.95 Å². The van der Waals surface area contributed by atoms with Crippen molar-refractivity contribution in [2.45, 2.75) is 58.9 Å². The molecule has 0 unspecified atom stereocenters. The van der Waals surface area contributed by atoms with Crippen molar-refractivity contribution in [1.82, 2.24) is 9.97 Å². The number of nitrogens with zero attached hydrogens (tertiary/aromatic N) is 2. The normalized spacial score (nSPS) is 15.9. The second-order valence-corrected chi connectivity index (χ2v) is 4.21. The summed E-state index contributed by atoms with van der Waals surface area (Å²) in [7, 11) is 0. The molecule has 0 amide bonds. The minimum atomic E-state index is 0.543. The molecular formula is C13H24N4. The summed E-state index contributed by atoms with van der Waals surface area (Å²) in [5.41, 5.74) is 7.18. The highest BCUT2D eigenvalue weighted by Crippen LogP contribution is 2.20. The van der Waals surface area contributed by atoms with E-state index in [1.807, 2.05) is 20.8 Å². The van der Waals surface area contributed by atoms with Crippen LogP contribution in [0.5, 0.6) is 0 Å². The van der Waals surface area contributed by atoms with Gasteiger partial charge in [0.05, 0.1) is 17.6 Å². The summed E-state index contributed by atoms with van der Waals surface area (Å²) in [6.45, 7) is 5.91. The van der Waals surface area contributed by atoms with Crippen LogP contribution in [0, 0.1) is 6.92 Å². The summed E-state index contributed by atoms with van der Waals surface area (Å²) in [4.78, 5) is 8.51. The molecule has 0 spiro atoms. The van der Waals surface area contributed by atoms with Crippen molar-refractivity contribution < 1.29 is 0 Å². The minimum absolute atomic E-state index is 0.543. The lowest BCUT2D eigenvalue weighted by molar-refractivity contribution is 0.461. The number of nitrogens with two attached hydrogens (primary N) is 1. The van der Waals surface area contributed by atoms with E-state index in [2.05, 4.69) is 15.3 Å². The first-order valence-electron chi connectivity index (χ1n) is 6.61. The van der Waals surface area contributed by atoms with Crippen LogP contribution in [-0.4, -0.2) is 16.0 Å². The first kappa shape index (κ1) is 13.7. The lowest BCUT2D eigenvalue weighted by Crippen LogP contribution is -2.23. The van der Waals surface area contributed by atoms with Crippen LogP contribution < -0.4 is 11.1 Å². The van der Waals surface area contributed by atoms with Gasteiger partial charge in [0.15, 0.2) is 0 Å². The van der Waals surface area contributed by atoms with Crippen LogP contribution in [0.1, 0.15) is 51.6 Å². The Kier molecular flexibility index (Phi) is 5.73. The predicted octanol–water partition coefficient (Wildman–Crippen LogP) is 3.14. The Morgan fingerprint density at radius 2 is 1.88 bits per heavy atom. The van der Waals surface area contributed by atoms with Crippen LogP contribution in [0.25, 0.3) is 0 Å². The largest absolute Gasteiger partial charge is 0.396 e. The van der Waals surface area contributed by atoms with Gasteiger partial charge in [-0.05, 0) is 19.8 Å². The monoisotopic (exact) mass is 236 g/mol. The maximum Gasteiger partial charge on any atom is 0.223 e. The summed E-state index contributed by atoms with van der Waals surface area (Å²) >= 11 is 0. The Bertz CT molecular complexity index is 332. The fourth-order valence-electron chi connectivity index (χ4n) is 1.98. The molecule has 1 fully saturated rings. The van der Waals surface area contributed by atoms with E-state index in [1.165, 1.54) is 32.1 Å². The summed E-state index contributed by atoms with van der Waals surface area (Å²) in [5.74, 6) is 0.716. The van der Waals surface area contributed by atoms with Gasteiger partial charge in [-0.15, -0.1) is 0 Å². The zero-order valence-corrected chi connectivity index (χ0v) is 11.2. The zero-order valence-electron chi connectivity index (χ0n) is 11.2. The highest BCUT2D eigenvalue weighted by molar-refractivity contribution is 5.43. The topological polar surface area (TPSA) is 63.8 Å². The zero-order chi connectivity index (χ0) is 12.7. The second kappa shape index (κ2) is 7.09. The molecule has 96 valence electrons. The molecule has 1 saturated carbocycles. The molecule has 1 aliphatic carbocycles. The number of nitrogens with one attached hydrogen (secondary N) is 1. The molecule has 0 aromatic carbocycles. The average Bonchev–Trinajstić information content (AvgIpc) is 2.38. The van der Waals surface area contributed by atoms with Crippen molar-refractivity contribution in [3.05, 3.63) is 11.9 Å². The molecule has 1 aromatic rings. The van der Waals surface area contributed by atoms with Crippen molar-refractivity contribution >= 4 is 11.6 Å². The number of hydrogen-bond acceptors (Lipinski definition) is 4. The summed E-state index contributed by atoms with van der Waals surface area (Å²) in [6.07, 6.45) is 8.12. The van der Waals surface area contributed by atoms with E-state index < -0.39 is 0 Å². The average molecular weight is 236 g/mol. The Labute approximate surface area is 104 Å². The van der Waals surface area contributed by atoms with E-state index in [1.54, 1.807) is 6.20 Å². The van der Waals surface area contributed by atoms with Crippen molar-refractivity contribution in [3.8, 4) is 0 Å². The van der Waals surface area contributed by atoms with Crippen molar-refractivity contribution in [1.29, 1.82) is 0 Å². The molecule has 3 N–H and O–H groups in total. The number of nitrogen functional groups attached to an aromatic ring is 1. The lowest BCUT2D eigenvalue weighted by Gasteiger charge is -2.22. The summed E-state index contributed by atoms with van der Waals surface area (Å²) in [5, 5.41) is 3.37. The molecule has 4 heteroatoms. The number of rotatable bonds is 2. The molecule has 2 rings (SSSR count). The highest BCUT2D eigenvalue weighted by atomic mass is 15.1. The van der Waals surface area contributed by atoms with Gasteiger partial charge in [-0.3, -0.25) is 0 Å². The molecular weight excluding hydrogens is 212 g/mol. The molecule has 1 aromatic heterocycles. The standard InChI is InChI=1S/C11H18N4.C2H6/c1-8-10(12)7-13-11(14-8)15-9-5-3-2-4-6-9;1-2/h7,9H,2-6,12H2,1H3,(H,13,14,15);1-2H3. The van der Waals surface area contributed by atoms with Gasteiger partial charge in [0.25, 0.3) is 0 Å². The number of aryl methyl sites for hydroxylation is 1. The maximum atomic E-state index is 5.67. The van der Waals surface area contributed by atoms with Gasteiger partial charge >= 0.3 is 0 Å². The van der Waals surface area contributed by atoms with E-state index in [0.29, 0.717) is 17.7 Å². The highest BCUT2D eigenvalue weighted by Gasteiger charge is 2.14. The predicted molar refractivity (Wildman–Crippen MR) is 73.0 cm³/mol. The van der Waals surface area contributed by atoms with Crippen LogP contribution in [0.15, 0.2) is 6.20 Å². The van der Waals surface area contributed by atoms with Crippen LogP contribution in [0.4, 0.5) is 11.6 Å². The molecule has 0 bridgehead atoms. The molecule has 0 saturated heterocycles. The van der Waals surface area contributed by atoms with E-state index >= 15 is 0 Å². The van der Waals surface area contributed by atoms with E-state index in [0.717, 1.165) is 5.69 Å². The molecule has 1 aliphatic rings. The van der Waals surface area contributed by atoms with Gasteiger partial charge in [0, 0.05) is 6.04 Å². The SMILES string of the molecule is CC.Cc1nc(NC2CCCCC2)ncc1N. The second-order valence-electron chi connectivity index (χ2n) is 4.21. The van der Waals surface area contributed by atoms with E-state index in [4.69, 9.17) is 5.73 Å². The van der Waals surface area contributed by atoms with Crippen molar-refractivity contribution in [2.75, 3.05) is 11.1 Å². The van der Waals surface area contributed by atoms with Crippen LogP contribution >= 0.6 is 0 Å². The molecule has 0 atom stereocenters. The van der Waals surface area contributed by atoms with Gasteiger partial charge in [-0.2, -0.15) is 0 Å². The fourth-order valence-corrected chi connectivity index (χ4v) is 1.98. The van der Waals surface area contributed by atoms with Crippen LogP contribution in [0.3, 0.4) is 0 Å². The van der Waals surface area contributed by atoms with Crippen molar-refractivity contribution in [2.24, 2.45) is 0 Å². The number of anilines is 2. The minimum Gasteiger partial charge on any atom is -0.396 e. The molecule has 0 aliphatic heterocycles. The van der Waals surface area contributed by atoms with Crippen LogP contribution in [-0.2, 0) is 0 Å². The van der Waals surface area contributed by atoms with Gasteiger partial charge in [0.1, 0.15) is 0 Å². The quantitative estimate of drug-likeness (QED) is 0.828. The molecule has 17 heavy (non-hydrogen) atoms. The third-order valence-corrected chi connectivity index (χ3v) is 2.96. The molecule has 1 heterocycles. The summed E-state index contributed by atoms with van der Waals surface area (Å²) < 4.78 is 0. The van der Waals surface area contributed by atoms with Crippen molar-refractivity contribution in [3.63, 3.8) is 0 Å². The lowest BCUT2D eigenvalue weighted by atomic mass is 9.96. The Morgan fingerprint density at radius 3 is 2.47 bits per heavy atom. The fraction of sp³-hybridized carbons (Fsp3) is 0.692. The van der Waals surface area contributed by atoms with Crippen LogP contribution in [0.2, 0.25) is 0 Å². The Balaban J connectivity index is 0.000000686. The van der Waals surface area contributed by atoms with Gasteiger partial charge < -0.3 is 11.1 Å². The van der Waals surface area contributed by atoms with E-state index in [-0.39, 0.29) is 0 Å². The first-order valence-corrected chi connectivity index (χ1v) is 6.61. The number of aromatic nitrogens is 2. The molecule has 0 radical (unpaired) electrons. The Hall–Kier alpha value is -1.32. The maximum absolute atomic E-state index is 5.67. The van der Waals surface area contributed by atoms with Gasteiger partial charge in [-0.1, -0.05) is 33.1 Å². The smallest absolute Gasteiger partial charge is 0.223 e.